The Morgan fingerprint density at radius 3 is 2.41 bits per heavy atom. The van der Waals surface area contributed by atoms with Crippen LogP contribution in [0.5, 0.6) is 0 Å². The van der Waals surface area contributed by atoms with Gasteiger partial charge in [-0.1, -0.05) is 98.1 Å². The number of ketones is 1. The van der Waals surface area contributed by atoms with Crippen molar-refractivity contribution in [2.24, 2.45) is 0 Å². The number of hydrogen-bond acceptors (Lipinski definition) is 3. The number of aromatic amines is 1. The van der Waals surface area contributed by atoms with Gasteiger partial charge in [0.05, 0.1) is 6.04 Å². The summed E-state index contributed by atoms with van der Waals surface area (Å²) in [6.07, 6.45) is 8.40. The predicted octanol–water partition coefficient (Wildman–Crippen LogP) is 7.63. The number of Topliss-reactive ketones (excluding diaryl/α,β-unsaturated/α-hetero) is 1. The van der Waals surface area contributed by atoms with E-state index in [2.05, 4.69) is 94.1 Å². The molecule has 5 heteroatoms. The second kappa shape index (κ2) is 14.3. The summed E-state index contributed by atoms with van der Waals surface area (Å²) in [5.41, 5.74) is 5.95. The molecule has 0 saturated carbocycles. The molecule has 214 valence electrons. The van der Waals surface area contributed by atoms with Gasteiger partial charge in [0.25, 0.3) is 0 Å². The van der Waals surface area contributed by atoms with Crippen molar-refractivity contribution < 1.29 is 9.59 Å². The highest BCUT2D eigenvalue weighted by molar-refractivity contribution is 5.91. The molecule has 1 fully saturated rings. The van der Waals surface area contributed by atoms with E-state index in [-0.39, 0.29) is 23.8 Å². The van der Waals surface area contributed by atoms with Gasteiger partial charge < -0.3 is 15.1 Å². The Balaban J connectivity index is 1.32. The molecule has 1 aliphatic rings. The van der Waals surface area contributed by atoms with Gasteiger partial charge in [0.1, 0.15) is 5.78 Å². The topological polar surface area (TPSA) is 65.2 Å². The number of H-pyrrole nitrogens is 1. The fraction of sp³-hybridized carbons (Fsp3) is 0.389. The van der Waals surface area contributed by atoms with E-state index < -0.39 is 0 Å². The van der Waals surface area contributed by atoms with Crippen molar-refractivity contribution in [1.29, 1.82) is 0 Å². The molecule has 1 aromatic heterocycles. The Morgan fingerprint density at radius 1 is 0.902 bits per heavy atom. The first kappa shape index (κ1) is 28.8. The Kier molecular flexibility index (Phi) is 10.0. The molecule has 2 N–H and O–H groups in total. The summed E-state index contributed by atoms with van der Waals surface area (Å²) in [5.74, 6) is 0.368. The maximum atomic E-state index is 13.9. The molecule has 5 rings (SSSR count). The van der Waals surface area contributed by atoms with Crippen molar-refractivity contribution in [2.75, 3.05) is 13.1 Å². The number of piperidine rings is 1. The molecule has 0 radical (unpaired) electrons. The van der Waals surface area contributed by atoms with E-state index in [0.717, 1.165) is 68.3 Å². The molecule has 41 heavy (non-hydrogen) atoms. The zero-order valence-corrected chi connectivity index (χ0v) is 24.3. The highest BCUT2D eigenvalue weighted by Gasteiger charge is 2.33. The van der Waals surface area contributed by atoms with Crippen molar-refractivity contribution in [1.82, 2.24) is 15.2 Å². The Morgan fingerprint density at radius 2 is 1.63 bits per heavy atom. The van der Waals surface area contributed by atoms with Crippen LogP contribution in [0.3, 0.4) is 0 Å². The molecular formula is C36H43N3O2. The molecule has 1 saturated heterocycles. The fourth-order valence-electron chi connectivity index (χ4n) is 6.44. The summed E-state index contributed by atoms with van der Waals surface area (Å²) >= 11 is 0. The molecule has 1 unspecified atom stereocenters. The number of aromatic nitrogens is 1. The Hall–Kier alpha value is -3.70. The SMILES string of the molecule is CC(=O)CCCCC[C@@H](C(=O)NCCc1c(-c2ccccc2)[nH]c2ccccc12)N1CCCCC1c1ccccc1. The van der Waals surface area contributed by atoms with E-state index in [1.165, 1.54) is 22.9 Å². The van der Waals surface area contributed by atoms with Crippen molar-refractivity contribution in [2.45, 2.75) is 76.8 Å². The third-order valence-electron chi connectivity index (χ3n) is 8.49. The number of para-hydroxylation sites is 1. The van der Waals surface area contributed by atoms with E-state index in [0.29, 0.717) is 13.0 Å². The summed E-state index contributed by atoms with van der Waals surface area (Å²) in [5, 5.41) is 4.56. The molecule has 1 amide bonds. The lowest BCUT2D eigenvalue weighted by Gasteiger charge is -2.41. The van der Waals surface area contributed by atoms with Crippen molar-refractivity contribution >= 4 is 22.6 Å². The van der Waals surface area contributed by atoms with E-state index in [1.807, 2.05) is 6.07 Å². The number of hydrogen-bond donors (Lipinski definition) is 2. The number of nitrogens with zero attached hydrogens (tertiary/aromatic N) is 1. The van der Waals surface area contributed by atoms with Gasteiger partial charge in [-0.05, 0) is 68.3 Å². The molecular weight excluding hydrogens is 506 g/mol. The standard InChI is InChI=1S/C36H43N3O2/c1-27(40)15-5-2-10-23-34(39-26-14-13-22-33(39)28-16-6-3-7-17-28)36(41)37-25-24-31-30-20-11-12-21-32(30)38-35(31)29-18-8-4-9-19-29/h3-4,6-9,11-12,16-21,33-34,38H,2,5,10,13-15,22-26H2,1H3,(H,37,41)/t33?,34-/m0/s1. The lowest BCUT2D eigenvalue weighted by molar-refractivity contribution is -0.128. The minimum absolute atomic E-state index is 0.125. The van der Waals surface area contributed by atoms with Gasteiger partial charge in [0.2, 0.25) is 5.91 Å². The van der Waals surface area contributed by atoms with Gasteiger partial charge >= 0.3 is 0 Å². The van der Waals surface area contributed by atoms with Crippen LogP contribution in [0.2, 0.25) is 0 Å². The minimum atomic E-state index is -0.172. The third-order valence-corrected chi connectivity index (χ3v) is 8.49. The molecule has 3 aromatic carbocycles. The number of fused-ring (bicyclic) bond motifs is 1. The van der Waals surface area contributed by atoms with Gasteiger partial charge in [-0.2, -0.15) is 0 Å². The maximum Gasteiger partial charge on any atom is 0.237 e. The van der Waals surface area contributed by atoms with Crippen molar-refractivity contribution in [3.63, 3.8) is 0 Å². The normalized spacial score (nSPS) is 16.5. The van der Waals surface area contributed by atoms with Crippen molar-refractivity contribution in [3.05, 3.63) is 96.1 Å². The minimum Gasteiger partial charge on any atom is -0.354 e. The monoisotopic (exact) mass is 549 g/mol. The van der Waals surface area contributed by atoms with Crippen LogP contribution >= 0.6 is 0 Å². The molecule has 0 aliphatic carbocycles. The molecule has 0 spiro atoms. The van der Waals surface area contributed by atoms with Crippen LogP contribution in [0.1, 0.15) is 75.5 Å². The zero-order chi connectivity index (χ0) is 28.4. The summed E-state index contributed by atoms with van der Waals surface area (Å²) in [6, 6.07) is 29.6. The summed E-state index contributed by atoms with van der Waals surface area (Å²) in [4.78, 5) is 31.4. The number of benzene rings is 3. The van der Waals surface area contributed by atoms with E-state index in [1.54, 1.807) is 6.92 Å². The largest absolute Gasteiger partial charge is 0.354 e. The van der Waals surface area contributed by atoms with Crippen LogP contribution in [-0.2, 0) is 16.0 Å². The maximum absolute atomic E-state index is 13.9. The average Bonchev–Trinajstić information content (AvgIpc) is 3.38. The third kappa shape index (κ3) is 7.34. The van der Waals surface area contributed by atoms with E-state index in [9.17, 15) is 9.59 Å². The Bertz CT molecular complexity index is 1410. The number of likely N-dealkylation sites (tertiary alicyclic amines) is 1. The van der Waals surface area contributed by atoms with Gasteiger partial charge in [-0.3, -0.25) is 9.69 Å². The Labute approximate surface area is 244 Å². The molecule has 4 aromatic rings. The van der Waals surface area contributed by atoms with Crippen LogP contribution in [0.4, 0.5) is 0 Å². The highest BCUT2D eigenvalue weighted by atomic mass is 16.2. The quantitative estimate of drug-likeness (QED) is 0.169. The number of rotatable bonds is 13. The molecule has 1 aliphatic heterocycles. The molecule has 2 atom stereocenters. The van der Waals surface area contributed by atoms with E-state index >= 15 is 0 Å². The van der Waals surface area contributed by atoms with Gasteiger partial charge in [0.15, 0.2) is 0 Å². The predicted molar refractivity (Wildman–Crippen MR) is 168 cm³/mol. The van der Waals surface area contributed by atoms with Crippen LogP contribution in [0.25, 0.3) is 22.2 Å². The number of carbonyl (C=O) groups is 2. The van der Waals surface area contributed by atoms with Crippen LogP contribution in [0, 0.1) is 0 Å². The molecule has 0 bridgehead atoms. The smallest absolute Gasteiger partial charge is 0.237 e. The van der Waals surface area contributed by atoms with Gasteiger partial charge in [-0.15, -0.1) is 0 Å². The number of amides is 1. The summed E-state index contributed by atoms with van der Waals surface area (Å²) in [7, 11) is 0. The first-order valence-corrected chi connectivity index (χ1v) is 15.3. The zero-order valence-electron chi connectivity index (χ0n) is 24.3. The first-order chi connectivity index (χ1) is 20.1. The molecule has 5 nitrogen and oxygen atoms in total. The van der Waals surface area contributed by atoms with Crippen LogP contribution in [0.15, 0.2) is 84.9 Å². The molecule has 2 heterocycles. The van der Waals surface area contributed by atoms with Crippen LogP contribution < -0.4 is 5.32 Å². The second-order valence-corrected chi connectivity index (χ2v) is 11.4. The summed E-state index contributed by atoms with van der Waals surface area (Å²) in [6.45, 7) is 3.18. The highest BCUT2D eigenvalue weighted by Crippen LogP contribution is 2.34. The van der Waals surface area contributed by atoms with Crippen LogP contribution in [-0.4, -0.2) is 40.7 Å². The number of carbonyl (C=O) groups excluding carboxylic acids is 2. The number of unbranched alkanes of at least 4 members (excludes halogenated alkanes) is 2. The van der Waals surface area contributed by atoms with Gasteiger partial charge in [0, 0.05) is 35.6 Å². The fourth-order valence-corrected chi connectivity index (χ4v) is 6.44. The first-order valence-electron chi connectivity index (χ1n) is 15.3. The lowest BCUT2D eigenvalue weighted by Crippen LogP contribution is -2.50. The number of nitrogens with one attached hydrogen (secondary N) is 2. The summed E-state index contributed by atoms with van der Waals surface area (Å²) < 4.78 is 0. The van der Waals surface area contributed by atoms with Crippen molar-refractivity contribution in [3.8, 4) is 11.3 Å². The van der Waals surface area contributed by atoms with Gasteiger partial charge in [-0.25, -0.2) is 0 Å². The second-order valence-electron chi connectivity index (χ2n) is 11.4. The average molecular weight is 550 g/mol. The lowest BCUT2D eigenvalue weighted by atomic mass is 9.92. The van der Waals surface area contributed by atoms with E-state index in [4.69, 9.17) is 0 Å².